The second-order valence-corrected chi connectivity index (χ2v) is 8.20. The van der Waals surface area contributed by atoms with Crippen molar-refractivity contribution in [2.45, 2.75) is 11.3 Å². The van der Waals surface area contributed by atoms with E-state index in [1.165, 1.54) is 39.4 Å². The Balaban J connectivity index is 1.91. The fourth-order valence-electron chi connectivity index (χ4n) is 2.29. The number of nitrogens with zero attached hydrogens (tertiary/aromatic N) is 1. The zero-order chi connectivity index (χ0) is 20.7. The lowest BCUT2D eigenvalue weighted by atomic mass is 10.1. The Kier molecular flexibility index (Phi) is 7.13. The monoisotopic (exact) mass is 406 g/mol. The minimum atomic E-state index is -3.61. The summed E-state index contributed by atoms with van der Waals surface area (Å²) in [4.78, 5) is 23.9. The molecule has 9 heteroatoms. The van der Waals surface area contributed by atoms with Gasteiger partial charge in [0.25, 0.3) is 5.91 Å². The van der Waals surface area contributed by atoms with Crippen LogP contribution in [-0.2, 0) is 30.8 Å². The van der Waals surface area contributed by atoms with E-state index in [2.05, 4.69) is 5.32 Å². The van der Waals surface area contributed by atoms with Gasteiger partial charge < -0.3 is 14.8 Å². The van der Waals surface area contributed by atoms with E-state index >= 15 is 0 Å². The van der Waals surface area contributed by atoms with E-state index in [0.717, 1.165) is 4.31 Å². The number of benzene rings is 2. The van der Waals surface area contributed by atoms with E-state index in [9.17, 15) is 18.0 Å². The van der Waals surface area contributed by atoms with Gasteiger partial charge in [0.2, 0.25) is 10.0 Å². The number of hydrogen-bond donors (Lipinski definition) is 1. The van der Waals surface area contributed by atoms with Crippen molar-refractivity contribution in [3.63, 3.8) is 0 Å². The van der Waals surface area contributed by atoms with Gasteiger partial charge in [-0.15, -0.1) is 0 Å². The van der Waals surface area contributed by atoms with Gasteiger partial charge in [0.1, 0.15) is 5.75 Å². The summed E-state index contributed by atoms with van der Waals surface area (Å²) < 4.78 is 35.4. The average molecular weight is 406 g/mol. The molecular weight excluding hydrogens is 384 g/mol. The molecule has 0 spiro atoms. The molecule has 1 amide bonds. The maximum Gasteiger partial charge on any atom is 0.310 e. The lowest BCUT2D eigenvalue weighted by Gasteiger charge is -2.12. The molecule has 28 heavy (non-hydrogen) atoms. The van der Waals surface area contributed by atoms with Crippen molar-refractivity contribution in [2.75, 3.05) is 33.1 Å². The Labute approximate surface area is 164 Å². The highest BCUT2D eigenvalue weighted by Gasteiger charge is 2.18. The molecule has 0 aliphatic rings. The van der Waals surface area contributed by atoms with Crippen LogP contribution in [0.5, 0.6) is 5.75 Å². The maximum absolute atomic E-state index is 12.1. The van der Waals surface area contributed by atoms with Crippen LogP contribution >= 0.6 is 0 Å². The number of amides is 1. The number of esters is 1. The highest BCUT2D eigenvalue weighted by Crippen LogP contribution is 2.18. The molecule has 0 saturated carbocycles. The fraction of sp³-hybridized carbons (Fsp3) is 0.263. The molecule has 150 valence electrons. The van der Waals surface area contributed by atoms with Crippen LogP contribution in [0.25, 0.3) is 0 Å². The van der Waals surface area contributed by atoms with Gasteiger partial charge in [0, 0.05) is 19.8 Å². The molecule has 2 rings (SSSR count). The van der Waals surface area contributed by atoms with Gasteiger partial charge in [-0.25, -0.2) is 12.7 Å². The van der Waals surface area contributed by atoms with Gasteiger partial charge in [0.15, 0.2) is 6.61 Å². The van der Waals surface area contributed by atoms with Crippen molar-refractivity contribution in [3.05, 3.63) is 54.1 Å². The number of hydrogen-bond acceptors (Lipinski definition) is 6. The zero-order valence-electron chi connectivity index (χ0n) is 15.8. The van der Waals surface area contributed by atoms with Crippen LogP contribution in [0.1, 0.15) is 5.56 Å². The molecular formula is C19H22N2O6S. The summed E-state index contributed by atoms with van der Waals surface area (Å²) >= 11 is 0. The molecule has 0 aliphatic carbocycles. The predicted molar refractivity (Wildman–Crippen MR) is 104 cm³/mol. The molecule has 1 N–H and O–H groups in total. The van der Waals surface area contributed by atoms with E-state index in [1.807, 2.05) is 0 Å². The third-order valence-corrected chi connectivity index (χ3v) is 5.55. The normalized spacial score (nSPS) is 11.1. The number of carbonyl (C=O) groups excluding carboxylic acids is 2. The van der Waals surface area contributed by atoms with Crippen molar-refractivity contribution in [1.82, 2.24) is 4.31 Å². The number of sulfonamides is 1. The van der Waals surface area contributed by atoms with Crippen LogP contribution < -0.4 is 10.1 Å². The quantitative estimate of drug-likeness (QED) is 0.669. The van der Waals surface area contributed by atoms with Crippen LogP contribution in [0.15, 0.2) is 53.4 Å². The lowest BCUT2D eigenvalue weighted by Crippen LogP contribution is -2.23. The van der Waals surface area contributed by atoms with Crippen molar-refractivity contribution in [3.8, 4) is 5.75 Å². The minimum Gasteiger partial charge on any atom is -0.497 e. The first-order valence-electron chi connectivity index (χ1n) is 8.33. The molecule has 2 aromatic carbocycles. The van der Waals surface area contributed by atoms with E-state index in [0.29, 0.717) is 11.3 Å². The van der Waals surface area contributed by atoms with Crippen LogP contribution in [0.2, 0.25) is 0 Å². The second-order valence-electron chi connectivity index (χ2n) is 6.05. The summed E-state index contributed by atoms with van der Waals surface area (Å²) in [5.74, 6) is -0.513. The van der Waals surface area contributed by atoms with Crippen LogP contribution in [-0.4, -0.2) is 52.4 Å². The minimum absolute atomic E-state index is 0.00104. The molecule has 0 unspecified atom stereocenters. The number of anilines is 1. The van der Waals surface area contributed by atoms with E-state index < -0.39 is 28.5 Å². The van der Waals surface area contributed by atoms with E-state index in [-0.39, 0.29) is 17.0 Å². The van der Waals surface area contributed by atoms with Gasteiger partial charge >= 0.3 is 5.97 Å². The number of carbonyl (C=O) groups is 2. The first-order chi connectivity index (χ1) is 13.2. The number of rotatable bonds is 8. The smallest absolute Gasteiger partial charge is 0.310 e. The number of ether oxygens (including phenoxy) is 2. The first-order valence-corrected chi connectivity index (χ1v) is 9.77. The van der Waals surface area contributed by atoms with Gasteiger partial charge in [-0.3, -0.25) is 9.59 Å². The Morgan fingerprint density at radius 3 is 2.46 bits per heavy atom. The molecule has 0 aliphatic heterocycles. The van der Waals surface area contributed by atoms with Crippen molar-refractivity contribution >= 4 is 27.6 Å². The molecule has 0 saturated heterocycles. The maximum atomic E-state index is 12.1. The van der Waals surface area contributed by atoms with Gasteiger partial charge in [0.05, 0.1) is 18.4 Å². The number of methoxy groups -OCH3 is 1. The predicted octanol–water partition coefficient (Wildman–Crippen LogP) is 1.67. The molecule has 8 nitrogen and oxygen atoms in total. The summed E-state index contributed by atoms with van der Waals surface area (Å²) in [7, 11) is 0.751. The Morgan fingerprint density at radius 2 is 1.79 bits per heavy atom. The molecule has 0 bridgehead atoms. The van der Waals surface area contributed by atoms with Crippen molar-refractivity contribution in [1.29, 1.82) is 0 Å². The molecule has 0 fully saturated rings. The van der Waals surface area contributed by atoms with Crippen molar-refractivity contribution < 1.29 is 27.5 Å². The SMILES string of the molecule is COc1cccc(CC(=O)OCC(=O)Nc2cccc(S(=O)(=O)N(C)C)c2)c1. The molecule has 0 heterocycles. The third-order valence-electron chi connectivity index (χ3n) is 3.74. The van der Waals surface area contributed by atoms with E-state index in [4.69, 9.17) is 9.47 Å². The van der Waals surface area contributed by atoms with Crippen LogP contribution in [0.3, 0.4) is 0 Å². The summed E-state index contributed by atoms with van der Waals surface area (Å²) in [5, 5.41) is 2.51. The Morgan fingerprint density at radius 1 is 1.07 bits per heavy atom. The molecule has 2 aromatic rings. The highest BCUT2D eigenvalue weighted by atomic mass is 32.2. The lowest BCUT2D eigenvalue weighted by molar-refractivity contribution is -0.146. The summed E-state index contributed by atoms with van der Waals surface area (Å²) in [6.45, 7) is -0.479. The molecule has 0 radical (unpaired) electrons. The zero-order valence-corrected chi connectivity index (χ0v) is 16.7. The van der Waals surface area contributed by atoms with Gasteiger partial charge in [-0.1, -0.05) is 18.2 Å². The summed E-state index contributed by atoms with van der Waals surface area (Å²) in [5.41, 5.74) is 0.989. The third kappa shape index (κ3) is 5.80. The molecule has 0 aromatic heterocycles. The summed E-state index contributed by atoms with van der Waals surface area (Å²) in [6, 6.07) is 12.8. The standard InChI is InChI=1S/C19H22N2O6S/c1-21(2)28(24,25)17-9-5-7-15(12-17)20-18(22)13-27-19(23)11-14-6-4-8-16(10-14)26-3/h4-10,12H,11,13H2,1-3H3,(H,20,22). The Bertz CT molecular complexity index is 956. The first kappa shape index (κ1) is 21.4. The molecule has 0 atom stereocenters. The fourth-order valence-corrected chi connectivity index (χ4v) is 3.24. The average Bonchev–Trinajstić information content (AvgIpc) is 2.66. The topological polar surface area (TPSA) is 102 Å². The largest absolute Gasteiger partial charge is 0.497 e. The van der Waals surface area contributed by atoms with Gasteiger partial charge in [-0.05, 0) is 35.9 Å². The van der Waals surface area contributed by atoms with E-state index in [1.54, 1.807) is 30.3 Å². The van der Waals surface area contributed by atoms with Gasteiger partial charge in [-0.2, -0.15) is 0 Å². The van der Waals surface area contributed by atoms with Crippen LogP contribution in [0, 0.1) is 0 Å². The summed E-state index contributed by atoms with van der Waals surface area (Å²) in [6.07, 6.45) is 0.00104. The Hall–Kier alpha value is -2.91. The highest BCUT2D eigenvalue weighted by molar-refractivity contribution is 7.89. The second kappa shape index (κ2) is 9.34. The van der Waals surface area contributed by atoms with Crippen molar-refractivity contribution in [2.24, 2.45) is 0 Å². The number of nitrogens with one attached hydrogen (secondary N) is 1. The van der Waals surface area contributed by atoms with Crippen LogP contribution in [0.4, 0.5) is 5.69 Å².